The molecule has 1 atom stereocenters. The molecule has 0 aromatic heterocycles. The van der Waals surface area contributed by atoms with E-state index in [1.807, 2.05) is 24.3 Å². The maximum Gasteiger partial charge on any atom is 0.243 e. The lowest BCUT2D eigenvalue weighted by atomic mass is 9.78. The third-order valence-electron chi connectivity index (χ3n) is 5.15. The molecule has 1 aliphatic carbocycles. The molecular weight excluding hydrogens is 370 g/mol. The highest BCUT2D eigenvalue weighted by atomic mass is 16.5. The molecule has 2 aromatic rings. The molecule has 0 aliphatic heterocycles. The Morgan fingerprint density at radius 1 is 1.03 bits per heavy atom. The number of hydroxylamine groups is 1. The molecule has 0 radical (unpaired) electrons. The Labute approximate surface area is 169 Å². The molecule has 0 saturated carbocycles. The monoisotopic (exact) mass is 393 g/mol. The molecule has 1 aliphatic rings. The number of amides is 1. The van der Waals surface area contributed by atoms with Crippen molar-refractivity contribution >= 4 is 17.5 Å². The smallest absolute Gasteiger partial charge is 0.243 e. The van der Waals surface area contributed by atoms with Crippen molar-refractivity contribution in [2.45, 2.75) is 31.6 Å². The van der Waals surface area contributed by atoms with Crippen molar-refractivity contribution in [2.75, 3.05) is 7.11 Å². The lowest BCUT2D eigenvalue weighted by molar-refractivity contribution is -0.129. The van der Waals surface area contributed by atoms with Crippen LogP contribution in [0.25, 0.3) is 0 Å². The molecule has 2 aromatic carbocycles. The number of carbonyl (C=O) groups is 3. The number of benzene rings is 2. The number of ketones is 2. The van der Waals surface area contributed by atoms with Gasteiger partial charge in [-0.2, -0.15) is 0 Å². The molecule has 0 bridgehead atoms. The van der Waals surface area contributed by atoms with Gasteiger partial charge in [-0.3, -0.25) is 19.6 Å². The highest BCUT2D eigenvalue weighted by molar-refractivity contribution is 6.25. The summed E-state index contributed by atoms with van der Waals surface area (Å²) in [6.07, 6.45) is 3.45. The Kier molecular flexibility index (Phi) is 6.57. The van der Waals surface area contributed by atoms with E-state index < -0.39 is 5.91 Å². The predicted molar refractivity (Wildman–Crippen MR) is 107 cm³/mol. The maximum absolute atomic E-state index is 13.1. The highest BCUT2D eigenvalue weighted by Gasteiger charge is 2.30. The second-order valence-corrected chi connectivity index (χ2v) is 6.95. The number of carbonyl (C=O) groups excluding carboxylic acids is 3. The first-order valence-corrected chi connectivity index (χ1v) is 9.51. The van der Waals surface area contributed by atoms with Crippen molar-refractivity contribution in [3.8, 4) is 5.75 Å². The largest absolute Gasteiger partial charge is 0.497 e. The first-order chi connectivity index (χ1) is 14.0. The lowest BCUT2D eigenvalue weighted by Gasteiger charge is -2.24. The van der Waals surface area contributed by atoms with Crippen molar-refractivity contribution in [3.05, 3.63) is 76.9 Å². The van der Waals surface area contributed by atoms with Crippen LogP contribution >= 0.6 is 0 Å². The fourth-order valence-corrected chi connectivity index (χ4v) is 3.62. The van der Waals surface area contributed by atoms with Crippen LogP contribution in [0.4, 0.5) is 0 Å². The third kappa shape index (κ3) is 4.60. The Balaban J connectivity index is 1.89. The van der Waals surface area contributed by atoms with E-state index in [4.69, 9.17) is 9.94 Å². The van der Waals surface area contributed by atoms with Gasteiger partial charge in [0.05, 0.1) is 7.11 Å². The van der Waals surface area contributed by atoms with Gasteiger partial charge in [0.15, 0.2) is 11.6 Å². The van der Waals surface area contributed by atoms with Crippen LogP contribution in [0.15, 0.2) is 60.2 Å². The van der Waals surface area contributed by atoms with Crippen LogP contribution in [-0.2, 0) is 4.79 Å². The van der Waals surface area contributed by atoms with Crippen molar-refractivity contribution < 1.29 is 24.3 Å². The van der Waals surface area contributed by atoms with Crippen molar-refractivity contribution in [2.24, 2.45) is 0 Å². The van der Waals surface area contributed by atoms with Crippen LogP contribution in [-0.4, -0.2) is 29.8 Å². The number of hydrogen-bond acceptors (Lipinski definition) is 5. The quantitative estimate of drug-likeness (QED) is 0.404. The van der Waals surface area contributed by atoms with E-state index in [2.05, 4.69) is 0 Å². The topological polar surface area (TPSA) is 92.7 Å². The summed E-state index contributed by atoms with van der Waals surface area (Å²) in [7, 11) is 1.58. The van der Waals surface area contributed by atoms with Gasteiger partial charge in [0, 0.05) is 29.0 Å². The number of hydrogen-bond donors (Lipinski definition) is 2. The van der Waals surface area contributed by atoms with E-state index in [1.165, 1.54) is 6.08 Å². The Bertz CT molecular complexity index is 946. The van der Waals surface area contributed by atoms with Crippen molar-refractivity contribution in [3.63, 3.8) is 0 Å². The van der Waals surface area contributed by atoms with Gasteiger partial charge >= 0.3 is 0 Å². The molecular formula is C23H23NO5. The summed E-state index contributed by atoms with van der Waals surface area (Å²) in [5.74, 6) is -0.328. The first-order valence-electron chi connectivity index (χ1n) is 9.51. The molecule has 6 nitrogen and oxygen atoms in total. The molecule has 1 unspecified atom stereocenters. The number of fused-ring (bicyclic) bond motifs is 1. The summed E-state index contributed by atoms with van der Waals surface area (Å²) in [4.78, 5) is 37.0. The Hall–Kier alpha value is -3.25. The van der Waals surface area contributed by atoms with E-state index in [9.17, 15) is 14.4 Å². The number of unbranched alkanes of at least 4 members (excludes halogenated alkanes) is 1. The maximum atomic E-state index is 13.1. The number of rotatable bonds is 8. The molecule has 0 fully saturated rings. The van der Waals surface area contributed by atoms with Crippen molar-refractivity contribution in [1.29, 1.82) is 0 Å². The standard InChI is InChI=1S/C23H23NO5/c1-29-16-12-10-15(11-13-16)17(6-4-5-9-22(26)24-28)20-14-21(25)18-7-2-3-8-19(18)23(20)27/h2-3,7-8,10-14,17,28H,4-6,9H2,1H3,(H,24,26). The van der Waals surface area contributed by atoms with Crippen molar-refractivity contribution in [1.82, 2.24) is 5.48 Å². The minimum Gasteiger partial charge on any atom is -0.497 e. The van der Waals surface area contributed by atoms with Gasteiger partial charge < -0.3 is 4.74 Å². The predicted octanol–water partition coefficient (Wildman–Crippen LogP) is 3.85. The Morgan fingerprint density at radius 2 is 1.72 bits per heavy atom. The van der Waals surface area contributed by atoms with E-state index in [0.717, 1.165) is 5.56 Å². The van der Waals surface area contributed by atoms with Gasteiger partial charge in [0.1, 0.15) is 5.75 Å². The third-order valence-corrected chi connectivity index (χ3v) is 5.15. The summed E-state index contributed by atoms with van der Waals surface area (Å²) in [5.41, 5.74) is 3.84. The van der Waals surface area contributed by atoms with Gasteiger partial charge in [0.25, 0.3) is 0 Å². The average molecular weight is 393 g/mol. The molecule has 150 valence electrons. The summed E-state index contributed by atoms with van der Waals surface area (Å²) >= 11 is 0. The van der Waals surface area contributed by atoms with Crippen LogP contribution < -0.4 is 10.2 Å². The second kappa shape index (κ2) is 9.30. The minimum atomic E-state index is -0.442. The molecule has 0 saturated heterocycles. The summed E-state index contributed by atoms with van der Waals surface area (Å²) in [6.45, 7) is 0. The number of allylic oxidation sites excluding steroid dienone is 2. The molecule has 1 amide bonds. The summed E-state index contributed by atoms with van der Waals surface area (Å²) < 4.78 is 5.21. The van der Waals surface area contributed by atoms with Crippen LogP contribution in [0.2, 0.25) is 0 Å². The zero-order chi connectivity index (χ0) is 20.8. The molecule has 29 heavy (non-hydrogen) atoms. The van der Waals surface area contributed by atoms with Gasteiger partial charge in [-0.25, -0.2) is 5.48 Å². The number of ether oxygens (including phenoxy) is 1. The van der Waals surface area contributed by atoms with Gasteiger partial charge in [-0.05, 0) is 36.6 Å². The van der Waals surface area contributed by atoms with Gasteiger partial charge in [-0.1, -0.05) is 42.8 Å². The normalized spacial score (nSPS) is 14.1. The van der Waals surface area contributed by atoms with E-state index in [0.29, 0.717) is 41.7 Å². The fourth-order valence-electron chi connectivity index (χ4n) is 3.62. The zero-order valence-corrected chi connectivity index (χ0v) is 16.2. The average Bonchev–Trinajstić information content (AvgIpc) is 2.76. The van der Waals surface area contributed by atoms with E-state index in [1.54, 1.807) is 36.9 Å². The van der Waals surface area contributed by atoms with Gasteiger partial charge in [0.2, 0.25) is 5.91 Å². The van der Waals surface area contributed by atoms with Crippen LogP contribution in [0.1, 0.15) is 57.9 Å². The zero-order valence-electron chi connectivity index (χ0n) is 16.2. The van der Waals surface area contributed by atoms with E-state index in [-0.39, 0.29) is 23.9 Å². The van der Waals surface area contributed by atoms with Crippen LogP contribution in [0, 0.1) is 0 Å². The lowest BCUT2D eigenvalue weighted by Crippen LogP contribution is -2.21. The molecule has 3 rings (SSSR count). The second-order valence-electron chi connectivity index (χ2n) is 6.95. The van der Waals surface area contributed by atoms with Crippen LogP contribution in [0.5, 0.6) is 5.75 Å². The van der Waals surface area contributed by atoms with Gasteiger partial charge in [-0.15, -0.1) is 0 Å². The number of methoxy groups -OCH3 is 1. The molecule has 0 spiro atoms. The minimum absolute atomic E-state index is 0.144. The fraction of sp³-hybridized carbons (Fsp3) is 0.261. The van der Waals surface area contributed by atoms with E-state index >= 15 is 0 Å². The summed E-state index contributed by atoms with van der Waals surface area (Å²) in [6, 6.07) is 14.3. The first kappa shape index (κ1) is 20.5. The molecule has 6 heteroatoms. The molecule has 2 N–H and O–H groups in total. The SMILES string of the molecule is COc1ccc(C(CCCCC(=O)NO)C2=CC(=O)c3ccccc3C2=O)cc1. The number of Topliss-reactive ketones (excluding diaryl/α,β-unsaturated/α-hetero) is 1. The summed E-state index contributed by atoms with van der Waals surface area (Å²) in [5, 5.41) is 8.63. The van der Waals surface area contributed by atoms with Crippen LogP contribution in [0.3, 0.4) is 0 Å². The molecule has 0 heterocycles. The number of nitrogens with one attached hydrogen (secondary N) is 1. The Morgan fingerprint density at radius 3 is 2.38 bits per heavy atom. The highest BCUT2D eigenvalue weighted by Crippen LogP contribution is 2.36.